The molecule has 3 heteroatoms. The van der Waals surface area contributed by atoms with E-state index >= 15 is 0 Å². The number of ether oxygens (including phenoxy) is 2. The first-order valence-corrected chi connectivity index (χ1v) is 8.28. The van der Waals surface area contributed by atoms with Crippen LogP contribution in [-0.2, 0) is 9.47 Å². The summed E-state index contributed by atoms with van der Waals surface area (Å²) in [4.78, 5) is 0. The van der Waals surface area contributed by atoms with E-state index in [1.807, 2.05) is 0 Å². The van der Waals surface area contributed by atoms with E-state index in [4.69, 9.17) is 9.47 Å². The van der Waals surface area contributed by atoms with Gasteiger partial charge in [0.05, 0.1) is 6.10 Å². The lowest BCUT2D eigenvalue weighted by Crippen LogP contribution is -2.63. The van der Waals surface area contributed by atoms with Gasteiger partial charge < -0.3 is 14.8 Å². The summed E-state index contributed by atoms with van der Waals surface area (Å²) in [6, 6.07) is 0.717. The molecule has 0 aromatic rings. The van der Waals surface area contributed by atoms with Gasteiger partial charge in [0.1, 0.15) is 0 Å². The number of rotatable bonds is 5. The molecule has 2 saturated carbocycles. The van der Waals surface area contributed by atoms with Crippen LogP contribution in [0.3, 0.4) is 0 Å². The van der Waals surface area contributed by atoms with Crippen LogP contribution in [0.15, 0.2) is 0 Å². The zero-order valence-corrected chi connectivity index (χ0v) is 12.3. The Labute approximate surface area is 117 Å². The number of hydrogen-bond donors (Lipinski definition) is 1. The molecule has 110 valence electrons. The SMILES string of the molecule is CCOC1CC(NCC2CCOCC2)C12CCCC2. The van der Waals surface area contributed by atoms with Crippen molar-refractivity contribution in [3.8, 4) is 0 Å². The van der Waals surface area contributed by atoms with Crippen LogP contribution in [0.4, 0.5) is 0 Å². The van der Waals surface area contributed by atoms with Crippen molar-refractivity contribution in [3.05, 3.63) is 0 Å². The van der Waals surface area contributed by atoms with Crippen molar-refractivity contribution in [1.29, 1.82) is 0 Å². The third-order valence-electron chi connectivity index (χ3n) is 5.68. The molecular formula is C16H29NO2. The van der Waals surface area contributed by atoms with Gasteiger partial charge in [0, 0.05) is 31.3 Å². The summed E-state index contributed by atoms with van der Waals surface area (Å²) >= 11 is 0. The van der Waals surface area contributed by atoms with Crippen molar-refractivity contribution in [2.24, 2.45) is 11.3 Å². The van der Waals surface area contributed by atoms with Crippen molar-refractivity contribution in [1.82, 2.24) is 5.32 Å². The molecule has 0 aromatic heterocycles. The third-order valence-corrected chi connectivity index (χ3v) is 5.68. The van der Waals surface area contributed by atoms with Crippen LogP contribution in [0.25, 0.3) is 0 Å². The Morgan fingerprint density at radius 1 is 1.21 bits per heavy atom. The average molecular weight is 267 g/mol. The smallest absolute Gasteiger partial charge is 0.0661 e. The van der Waals surface area contributed by atoms with Gasteiger partial charge in [0.15, 0.2) is 0 Å². The average Bonchev–Trinajstić information content (AvgIpc) is 2.95. The van der Waals surface area contributed by atoms with Crippen LogP contribution in [0, 0.1) is 11.3 Å². The molecule has 19 heavy (non-hydrogen) atoms. The lowest BCUT2D eigenvalue weighted by molar-refractivity contribution is -0.131. The summed E-state index contributed by atoms with van der Waals surface area (Å²) in [6.07, 6.45) is 9.80. The first kappa shape index (κ1) is 13.8. The maximum absolute atomic E-state index is 5.98. The zero-order chi connectivity index (χ0) is 13.1. The topological polar surface area (TPSA) is 30.5 Å². The van der Waals surface area contributed by atoms with E-state index in [1.165, 1.54) is 51.5 Å². The van der Waals surface area contributed by atoms with E-state index in [-0.39, 0.29) is 0 Å². The zero-order valence-electron chi connectivity index (χ0n) is 12.3. The van der Waals surface area contributed by atoms with Gasteiger partial charge in [-0.15, -0.1) is 0 Å². The Morgan fingerprint density at radius 2 is 1.95 bits per heavy atom. The largest absolute Gasteiger partial charge is 0.381 e. The quantitative estimate of drug-likeness (QED) is 0.831. The fraction of sp³-hybridized carbons (Fsp3) is 1.00. The van der Waals surface area contributed by atoms with Crippen LogP contribution >= 0.6 is 0 Å². The van der Waals surface area contributed by atoms with Gasteiger partial charge in [-0.25, -0.2) is 0 Å². The Morgan fingerprint density at radius 3 is 2.63 bits per heavy atom. The normalized spacial score (nSPS) is 34.6. The maximum Gasteiger partial charge on any atom is 0.0661 e. The monoisotopic (exact) mass is 267 g/mol. The molecule has 3 fully saturated rings. The third kappa shape index (κ3) is 2.70. The standard InChI is InChI=1S/C16H29NO2/c1-2-19-15-11-14(16(15)7-3-4-8-16)17-12-13-5-9-18-10-6-13/h13-15,17H,2-12H2,1H3. The second-order valence-electron chi connectivity index (χ2n) is 6.64. The van der Waals surface area contributed by atoms with Gasteiger partial charge in [-0.3, -0.25) is 0 Å². The molecule has 3 rings (SSSR count). The van der Waals surface area contributed by atoms with E-state index in [0.29, 0.717) is 11.5 Å². The minimum Gasteiger partial charge on any atom is -0.381 e. The summed E-state index contributed by atoms with van der Waals surface area (Å²) in [6.45, 7) is 6.12. The molecule has 3 aliphatic rings. The Kier molecular flexibility index (Phi) is 4.45. The minimum atomic E-state index is 0.487. The maximum atomic E-state index is 5.98. The molecule has 0 radical (unpaired) electrons. The Balaban J connectivity index is 1.50. The van der Waals surface area contributed by atoms with Crippen molar-refractivity contribution < 1.29 is 9.47 Å². The van der Waals surface area contributed by atoms with Gasteiger partial charge in [0.2, 0.25) is 0 Å². The number of hydrogen-bond acceptors (Lipinski definition) is 3. The molecule has 2 unspecified atom stereocenters. The highest BCUT2D eigenvalue weighted by atomic mass is 16.5. The second-order valence-corrected chi connectivity index (χ2v) is 6.64. The van der Waals surface area contributed by atoms with E-state index in [2.05, 4.69) is 12.2 Å². The van der Waals surface area contributed by atoms with Crippen molar-refractivity contribution in [3.63, 3.8) is 0 Å². The molecule has 0 bridgehead atoms. The summed E-state index contributed by atoms with van der Waals surface area (Å²) in [5.41, 5.74) is 0.487. The predicted molar refractivity (Wildman–Crippen MR) is 76.3 cm³/mol. The van der Waals surface area contributed by atoms with Crippen LogP contribution in [0.5, 0.6) is 0 Å². The summed E-state index contributed by atoms with van der Waals surface area (Å²) in [5.74, 6) is 0.832. The van der Waals surface area contributed by atoms with Crippen LogP contribution < -0.4 is 5.32 Å². The highest BCUT2D eigenvalue weighted by molar-refractivity contribution is 5.10. The summed E-state index contributed by atoms with van der Waals surface area (Å²) in [5, 5.41) is 3.87. The van der Waals surface area contributed by atoms with E-state index in [1.54, 1.807) is 0 Å². The minimum absolute atomic E-state index is 0.487. The molecule has 3 nitrogen and oxygen atoms in total. The fourth-order valence-corrected chi connectivity index (χ4v) is 4.43. The second kappa shape index (κ2) is 6.11. The molecule has 1 spiro atoms. The molecule has 0 amide bonds. The van der Waals surface area contributed by atoms with Gasteiger partial charge in [-0.05, 0) is 51.5 Å². The van der Waals surface area contributed by atoms with Gasteiger partial charge in [0.25, 0.3) is 0 Å². The summed E-state index contributed by atoms with van der Waals surface area (Å²) in [7, 11) is 0. The van der Waals surface area contributed by atoms with Gasteiger partial charge in [-0.1, -0.05) is 12.8 Å². The highest BCUT2D eigenvalue weighted by Crippen LogP contribution is 2.54. The van der Waals surface area contributed by atoms with Gasteiger partial charge in [-0.2, -0.15) is 0 Å². The molecule has 1 heterocycles. The molecule has 1 saturated heterocycles. The predicted octanol–water partition coefficient (Wildman–Crippen LogP) is 2.74. The van der Waals surface area contributed by atoms with E-state index in [0.717, 1.165) is 31.8 Å². The summed E-state index contributed by atoms with van der Waals surface area (Å²) < 4.78 is 11.4. The van der Waals surface area contributed by atoms with Crippen LogP contribution in [-0.4, -0.2) is 38.5 Å². The molecule has 1 aliphatic heterocycles. The highest BCUT2D eigenvalue weighted by Gasteiger charge is 2.56. The fourth-order valence-electron chi connectivity index (χ4n) is 4.43. The lowest BCUT2D eigenvalue weighted by Gasteiger charge is -2.54. The van der Waals surface area contributed by atoms with Crippen molar-refractivity contribution in [2.75, 3.05) is 26.4 Å². The van der Waals surface area contributed by atoms with E-state index < -0.39 is 0 Å². The van der Waals surface area contributed by atoms with Crippen LogP contribution in [0.1, 0.15) is 51.9 Å². The number of nitrogens with one attached hydrogen (secondary N) is 1. The van der Waals surface area contributed by atoms with Crippen LogP contribution in [0.2, 0.25) is 0 Å². The molecule has 0 aromatic carbocycles. The first-order chi connectivity index (χ1) is 9.35. The van der Waals surface area contributed by atoms with Gasteiger partial charge >= 0.3 is 0 Å². The molecule has 1 N–H and O–H groups in total. The molecule has 2 atom stereocenters. The first-order valence-electron chi connectivity index (χ1n) is 8.28. The van der Waals surface area contributed by atoms with E-state index in [9.17, 15) is 0 Å². The molecule has 2 aliphatic carbocycles. The Hall–Kier alpha value is -0.120. The van der Waals surface area contributed by atoms with Crippen molar-refractivity contribution >= 4 is 0 Å². The van der Waals surface area contributed by atoms with Crippen molar-refractivity contribution in [2.45, 2.75) is 64.0 Å². The lowest BCUT2D eigenvalue weighted by atomic mass is 9.60. The molecular weight excluding hydrogens is 238 g/mol. The Bertz CT molecular complexity index is 282.